The van der Waals surface area contributed by atoms with Gasteiger partial charge >= 0.3 is 5.97 Å². The van der Waals surface area contributed by atoms with Crippen LogP contribution in [0.25, 0.3) is 0 Å². The van der Waals surface area contributed by atoms with Crippen molar-refractivity contribution < 1.29 is 14.6 Å². The maximum atomic E-state index is 11.0. The molecule has 0 radical (unpaired) electrons. The Morgan fingerprint density at radius 2 is 2.12 bits per heavy atom. The molecule has 0 heterocycles. The molecule has 0 unspecified atom stereocenters. The van der Waals surface area contributed by atoms with Crippen LogP contribution in [0.3, 0.4) is 0 Å². The van der Waals surface area contributed by atoms with E-state index < -0.39 is 0 Å². The number of phenols is 1. The summed E-state index contributed by atoms with van der Waals surface area (Å²) in [5.41, 5.74) is 0.901. The molecule has 1 rings (SSSR count). The number of ether oxygens (including phenoxy) is 1. The Kier molecular flexibility index (Phi) is 4.83. The molecule has 1 aromatic carbocycles. The van der Waals surface area contributed by atoms with E-state index in [1.54, 1.807) is 13.0 Å². The van der Waals surface area contributed by atoms with E-state index in [-0.39, 0.29) is 11.7 Å². The number of carbonyl (C=O) groups excluding carboxylic acids is 1. The average Bonchev–Trinajstić information content (AvgIpc) is 2.28. The van der Waals surface area contributed by atoms with Gasteiger partial charge < -0.3 is 9.84 Å². The highest BCUT2D eigenvalue weighted by molar-refractivity contribution is 5.72. The summed E-state index contributed by atoms with van der Waals surface area (Å²) in [6, 6.07) is 5.03. The monoisotopic (exact) mass is 222 g/mol. The molecule has 0 amide bonds. The van der Waals surface area contributed by atoms with Crippen molar-refractivity contribution in [2.24, 2.45) is 0 Å². The third-order valence-electron chi connectivity index (χ3n) is 2.38. The number of phenolic OH excluding ortho intramolecular Hbond substituents is 1. The minimum Gasteiger partial charge on any atom is -0.508 e. The molecule has 0 atom stereocenters. The van der Waals surface area contributed by atoms with Gasteiger partial charge in [-0.3, -0.25) is 4.79 Å². The van der Waals surface area contributed by atoms with Gasteiger partial charge in [0.2, 0.25) is 0 Å². The summed E-state index contributed by atoms with van der Waals surface area (Å²) in [6.45, 7) is 3.84. The number of esters is 1. The van der Waals surface area contributed by atoms with Crippen LogP contribution >= 0.6 is 0 Å². The molecule has 3 heteroatoms. The lowest BCUT2D eigenvalue weighted by Crippen LogP contribution is -2.05. The van der Waals surface area contributed by atoms with Crippen LogP contribution in [0.4, 0.5) is 0 Å². The van der Waals surface area contributed by atoms with Crippen LogP contribution in [0.2, 0.25) is 0 Å². The Bertz CT molecular complexity index is 358. The Labute approximate surface area is 96.1 Å². The molecule has 0 fully saturated rings. The molecule has 3 nitrogen and oxygen atoms in total. The second-order valence-electron chi connectivity index (χ2n) is 3.72. The number of unbranched alkanes of at least 4 members (excludes halogenated alkanes) is 1. The standard InChI is InChI=1S/C13H18O3/c1-3-5-6-10-7-8-11(9-12(10)14)16-13(15)4-2/h7-9,14H,3-6H2,1-2H3. The van der Waals surface area contributed by atoms with Gasteiger partial charge in [0, 0.05) is 12.5 Å². The van der Waals surface area contributed by atoms with E-state index in [9.17, 15) is 9.90 Å². The number of carbonyl (C=O) groups is 1. The Morgan fingerprint density at radius 1 is 1.38 bits per heavy atom. The first kappa shape index (κ1) is 12.6. The average molecular weight is 222 g/mol. The van der Waals surface area contributed by atoms with Crippen molar-refractivity contribution >= 4 is 5.97 Å². The Hall–Kier alpha value is -1.51. The Morgan fingerprint density at radius 3 is 2.69 bits per heavy atom. The molecule has 0 aliphatic heterocycles. The van der Waals surface area contributed by atoms with Crippen LogP contribution in [-0.2, 0) is 11.2 Å². The van der Waals surface area contributed by atoms with Gasteiger partial charge in [0.15, 0.2) is 0 Å². The van der Waals surface area contributed by atoms with Crippen molar-refractivity contribution in [3.8, 4) is 11.5 Å². The molecule has 0 aliphatic carbocycles. The first-order valence-electron chi connectivity index (χ1n) is 5.70. The van der Waals surface area contributed by atoms with Crippen LogP contribution in [-0.4, -0.2) is 11.1 Å². The van der Waals surface area contributed by atoms with Gasteiger partial charge in [-0.2, -0.15) is 0 Å². The van der Waals surface area contributed by atoms with Gasteiger partial charge in [0.1, 0.15) is 11.5 Å². The van der Waals surface area contributed by atoms with Crippen LogP contribution < -0.4 is 4.74 Å². The molecule has 16 heavy (non-hydrogen) atoms. The summed E-state index contributed by atoms with van der Waals surface area (Å²) < 4.78 is 5.00. The van der Waals surface area contributed by atoms with Gasteiger partial charge in [-0.25, -0.2) is 0 Å². The van der Waals surface area contributed by atoms with E-state index in [4.69, 9.17) is 4.74 Å². The third-order valence-corrected chi connectivity index (χ3v) is 2.38. The molecular formula is C13H18O3. The van der Waals surface area contributed by atoms with Crippen molar-refractivity contribution in [1.29, 1.82) is 0 Å². The normalized spacial score (nSPS) is 10.1. The fraction of sp³-hybridized carbons (Fsp3) is 0.462. The van der Waals surface area contributed by atoms with E-state index in [0.717, 1.165) is 24.8 Å². The summed E-state index contributed by atoms with van der Waals surface area (Å²) in [6.07, 6.45) is 3.32. The largest absolute Gasteiger partial charge is 0.508 e. The Balaban J connectivity index is 2.70. The summed E-state index contributed by atoms with van der Waals surface area (Å²) in [5, 5.41) is 9.71. The zero-order valence-electron chi connectivity index (χ0n) is 9.82. The van der Waals surface area contributed by atoms with Gasteiger partial charge in [-0.1, -0.05) is 26.3 Å². The first-order chi connectivity index (χ1) is 7.67. The molecule has 0 aliphatic rings. The van der Waals surface area contributed by atoms with E-state index in [0.29, 0.717) is 12.2 Å². The second-order valence-corrected chi connectivity index (χ2v) is 3.72. The van der Waals surface area contributed by atoms with Crippen molar-refractivity contribution in [1.82, 2.24) is 0 Å². The minimum atomic E-state index is -0.291. The van der Waals surface area contributed by atoms with Crippen LogP contribution in [0.5, 0.6) is 11.5 Å². The number of benzene rings is 1. The predicted octanol–water partition coefficient (Wildman–Crippen LogP) is 3.05. The summed E-state index contributed by atoms with van der Waals surface area (Å²) in [7, 11) is 0. The quantitative estimate of drug-likeness (QED) is 0.615. The van der Waals surface area contributed by atoms with Crippen molar-refractivity contribution in [3.63, 3.8) is 0 Å². The van der Waals surface area contributed by atoms with Crippen LogP contribution in [0, 0.1) is 0 Å². The van der Waals surface area contributed by atoms with Crippen molar-refractivity contribution in [2.45, 2.75) is 39.5 Å². The molecular weight excluding hydrogens is 204 g/mol. The van der Waals surface area contributed by atoms with Gasteiger partial charge in [0.25, 0.3) is 0 Å². The molecule has 0 aromatic heterocycles. The second kappa shape index (κ2) is 6.16. The first-order valence-corrected chi connectivity index (χ1v) is 5.70. The zero-order valence-corrected chi connectivity index (χ0v) is 9.82. The van der Waals surface area contributed by atoms with E-state index >= 15 is 0 Å². The predicted molar refractivity (Wildman–Crippen MR) is 62.6 cm³/mol. The third kappa shape index (κ3) is 3.57. The van der Waals surface area contributed by atoms with Gasteiger partial charge in [0.05, 0.1) is 0 Å². The molecule has 0 bridgehead atoms. The maximum absolute atomic E-state index is 11.0. The fourth-order valence-corrected chi connectivity index (χ4v) is 1.39. The van der Waals surface area contributed by atoms with E-state index in [1.807, 2.05) is 6.07 Å². The smallest absolute Gasteiger partial charge is 0.310 e. The highest BCUT2D eigenvalue weighted by Gasteiger charge is 2.06. The van der Waals surface area contributed by atoms with Crippen LogP contribution in [0.15, 0.2) is 18.2 Å². The summed E-state index contributed by atoms with van der Waals surface area (Å²) in [4.78, 5) is 11.0. The number of hydrogen-bond donors (Lipinski definition) is 1. The van der Waals surface area contributed by atoms with E-state index in [1.165, 1.54) is 6.07 Å². The number of hydrogen-bond acceptors (Lipinski definition) is 3. The lowest BCUT2D eigenvalue weighted by molar-refractivity contribution is -0.134. The van der Waals surface area contributed by atoms with Crippen molar-refractivity contribution in [3.05, 3.63) is 23.8 Å². The fourth-order valence-electron chi connectivity index (χ4n) is 1.39. The van der Waals surface area contributed by atoms with Crippen LogP contribution in [0.1, 0.15) is 38.7 Å². The summed E-state index contributed by atoms with van der Waals surface area (Å²) >= 11 is 0. The van der Waals surface area contributed by atoms with Gasteiger partial charge in [-0.15, -0.1) is 0 Å². The van der Waals surface area contributed by atoms with Crippen molar-refractivity contribution in [2.75, 3.05) is 0 Å². The zero-order chi connectivity index (χ0) is 12.0. The van der Waals surface area contributed by atoms with E-state index in [2.05, 4.69) is 6.92 Å². The lowest BCUT2D eigenvalue weighted by Gasteiger charge is -2.07. The number of rotatable bonds is 5. The highest BCUT2D eigenvalue weighted by Crippen LogP contribution is 2.25. The summed E-state index contributed by atoms with van der Waals surface area (Å²) in [5.74, 6) is 0.320. The minimum absolute atomic E-state index is 0.204. The molecule has 1 N–H and O–H groups in total. The topological polar surface area (TPSA) is 46.5 Å². The molecule has 88 valence electrons. The number of aromatic hydroxyl groups is 1. The molecule has 0 saturated carbocycles. The molecule has 0 spiro atoms. The highest BCUT2D eigenvalue weighted by atomic mass is 16.5. The molecule has 1 aromatic rings. The van der Waals surface area contributed by atoms with Gasteiger partial charge in [-0.05, 0) is 24.5 Å². The maximum Gasteiger partial charge on any atom is 0.310 e. The number of aryl methyl sites for hydroxylation is 1. The lowest BCUT2D eigenvalue weighted by atomic mass is 10.1. The SMILES string of the molecule is CCCCc1ccc(OC(=O)CC)cc1O. The molecule has 0 saturated heterocycles.